The summed E-state index contributed by atoms with van der Waals surface area (Å²) in [6.07, 6.45) is 4.96. The van der Waals surface area contributed by atoms with Gasteiger partial charge in [0.15, 0.2) is 0 Å². The van der Waals surface area contributed by atoms with Crippen molar-refractivity contribution in [1.29, 1.82) is 0 Å². The second kappa shape index (κ2) is 6.28. The summed E-state index contributed by atoms with van der Waals surface area (Å²) in [5.74, 6) is 0. The van der Waals surface area contributed by atoms with Crippen LogP contribution in [0.4, 0.5) is 5.69 Å². The van der Waals surface area contributed by atoms with Gasteiger partial charge in [0.2, 0.25) is 0 Å². The molecule has 2 aromatic rings. The van der Waals surface area contributed by atoms with E-state index in [0.29, 0.717) is 0 Å². The molecule has 21 heavy (non-hydrogen) atoms. The van der Waals surface area contributed by atoms with Crippen molar-refractivity contribution in [2.24, 2.45) is 0 Å². The minimum atomic E-state index is 0.0932. The van der Waals surface area contributed by atoms with Crippen LogP contribution in [0.2, 0.25) is 0 Å². The van der Waals surface area contributed by atoms with E-state index in [4.69, 9.17) is 9.47 Å². The number of benzene rings is 1. The number of para-hydroxylation sites is 2. The molecule has 0 bridgehead atoms. The second-order valence-corrected chi connectivity index (χ2v) is 5.15. The van der Waals surface area contributed by atoms with Crippen molar-refractivity contribution in [3.8, 4) is 5.69 Å². The summed E-state index contributed by atoms with van der Waals surface area (Å²) in [5.41, 5.74) is 2.10. The molecule has 1 saturated carbocycles. The highest BCUT2D eigenvalue weighted by Gasteiger charge is 2.42. The Morgan fingerprint density at radius 3 is 2.90 bits per heavy atom. The Labute approximate surface area is 124 Å². The molecule has 5 nitrogen and oxygen atoms in total. The summed E-state index contributed by atoms with van der Waals surface area (Å²) < 4.78 is 13.1. The summed E-state index contributed by atoms with van der Waals surface area (Å²) in [6.45, 7) is 2.74. The maximum Gasteiger partial charge on any atom is 0.103 e. The maximum atomic E-state index is 5.67. The van der Waals surface area contributed by atoms with Gasteiger partial charge in [-0.05, 0) is 31.5 Å². The van der Waals surface area contributed by atoms with Gasteiger partial charge in [-0.1, -0.05) is 12.1 Å². The first kappa shape index (κ1) is 14.1. The SMILES string of the molecule is CCOC1CC(Nc2ccccc2-n2cccn2)C1OC. The molecule has 0 radical (unpaired) electrons. The molecule has 1 N–H and O–H groups in total. The van der Waals surface area contributed by atoms with Gasteiger partial charge in [-0.3, -0.25) is 0 Å². The molecule has 3 rings (SSSR count). The topological polar surface area (TPSA) is 48.3 Å². The number of nitrogens with one attached hydrogen (secondary N) is 1. The molecule has 3 atom stereocenters. The van der Waals surface area contributed by atoms with Crippen LogP contribution in [0.25, 0.3) is 5.69 Å². The number of rotatable bonds is 6. The molecule has 1 aromatic carbocycles. The van der Waals surface area contributed by atoms with Crippen LogP contribution in [-0.4, -0.2) is 41.7 Å². The van der Waals surface area contributed by atoms with E-state index in [2.05, 4.69) is 22.5 Å². The summed E-state index contributed by atoms with van der Waals surface area (Å²) in [5, 5.41) is 7.86. The molecular formula is C16H21N3O2. The molecule has 0 spiro atoms. The second-order valence-electron chi connectivity index (χ2n) is 5.15. The summed E-state index contributed by atoms with van der Waals surface area (Å²) in [7, 11) is 1.74. The molecule has 0 aliphatic heterocycles. The first-order valence-electron chi connectivity index (χ1n) is 7.33. The highest BCUT2D eigenvalue weighted by atomic mass is 16.5. The van der Waals surface area contributed by atoms with Crippen LogP contribution in [0.15, 0.2) is 42.7 Å². The number of hydrogen-bond acceptors (Lipinski definition) is 4. The van der Waals surface area contributed by atoms with Crippen molar-refractivity contribution in [3.05, 3.63) is 42.7 Å². The minimum Gasteiger partial charge on any atom is -0.378 e. The van der Waals surface area contributed by atoms with Crippen molar-refractivity contribution < 1.29 is 9.47 Å². The lowest BCUT2D eigenvalue weighted by Crippen LogP contribution is -2.56. The predicted octanol–water partition coefficient (Wildman–Crippen LogP) is 2.48. The quantitative estimate of drug-likeness (QED) is 0.886. The highest BCUT2D eigenvalue weighted by Crippen LogP contribution is 2.31. The third kappa shape index (κ3) is 2.80. The molecule has 1 fully saturated rings. The van der Waals surface area contributed by atoms with Crippen LogP contribution >= 0.6 is 0 Å². The summed E-state index contributed by atoms with van der Waals surface area (Å²) >= 11 is 0. The summed E-state index contributed by atoms with van der Waals surface area (Å²) in [4.78, 5) is 0. The Bertz CT molecular complexity index is 571. The number of nitrogens with zero attached hydrogens (tertiary/aromatic N) is 2. The first-order valence-corrected chi connectivity index (χ1v) is 7.33. The molecule has 1 aliphatic rings. The van der Waals surface area contributed by atoms with E-state index in [1.165, 1.54) is 0 Å². The molecule has 1 aromatic heterocycles. The predicted molar refractivity (Wildman–Crippen MR) is 81.8 cm³/mol. The molecule has 0 saturated heterocycles. The van der Waals surface area contributed by atoms with Crippen LogP contribution in [0.1, 0.15) is 13.3 Å². The number of aromatic nitrogens is 2. The van der Waals surface area contributed by atoms with Crippen molar-refractivity contribution in [3.63, 3.8) is 0 Å². The lowest BCUT2D eigenvalue weighted by Gasteiger charge is -2.44. The van der Waals surface area contributed by atoms with E-state index in [-0.39, 0.29) is 18.2 Å². The Balaban J connectivity index is 1.74. The van der Waals surface area contributed by atoms with Crippen LogP contribution < -0.4 is 5.32 Å². The molecule has 1 aliphatic carbocycles. The van der Waals surface area contributed by atoms with E-state index < -0.39 is 0 Å². The zero-order valence-electron chi connectivity index (χ0n) is 12.4. The van der Waals surface area contributed by atoms with Crippen LogP contribution in [0.5, 0.6) is 0 Å². The fraction of sp³-hybridized carbons (Fsp3) is 0.438. The Morgan fingerprint density at radius 2 is 2.19 bits per heavy atom. The van der Waals surface area contributed by atoms with Gasteiger partial charge in [0.1, 0.15) is 6.10 Å². The minimum absolute atomic E-state index is 0.0932. The van der Waals surface area contributed by atoms with E-state index in [1.807, 2.05) is 36.0 Å². The van der Waals surface area contributed by atoms with Crippen LogP contribution in [-0.2, 0) is 9.47 Å². The van der Waals surface area contributed by atoms with E-state index in [1.54, 1.807) is 13.3 Å². The van der Waals surface area contributed by atoms with Gasteiger partial charge < -0.3 is 14.8 Å². The molecule has 0 amide bonds. The van der Waals surface area contributed by atoms with Gasteiger partial charge in [0.25, 0.3) is 0 Å². The zero-order valence-corrected chi connectivity index (χ0v) is 12.4. The van der Waals surface area contributed by atoms with Gasteiger partial charge >= 0.3 is 0 Å². The molecule has 1 heterocycles. The van der Waals surface area contributed by atoms with E-state index >= 15 is 0 Å². The number of anilines is 1. The smallest absolute Gasteiger partial charge is 0.103 e. The highest BCUT2D eigenvalue weighted by molar-refractivity contribution is 5.61. The average Bonchev–Trinajstić information content (AvgIpc) is 3.01. The third-order valence-corrected chi connectivity index (χ3v) is 3.90. The summed E-state index contributed by atoms with van der Waals surface area (Å²) in [6, 6.07) is 10.3. The van der Waals surface area contributed by atoms with Crippen molar-refractivity contribution in [2.45, 2.75) is 31.6 Å². The monoisotopic (exact) mass is 287 g/mol. The number of methoxy groups -OCH3 is 1. The van der Waals surface area contributed by atoms with Crippen LogP contribution in [0, 0.1) is 0 Å². The third-order valence-electron chi connectivity index (χ3n) is 3.90. The first-order chi connectivity index (χ1) is 10.3. The van der Waals surface area contributed by atoms with E-state index in [9.17, 15) is 0 Å². The Hall–Kier alpha value is -1.85. The van der Waals surface area contributed by atoms with Crippen molar-refractivity contribution >= 4 is 5.69 Å². The van der Waals surface area contributed by atoms with Gasteiger partial charge in [-0.2, -0.15) is 5.10 Å². The largest absolute Gasteiger partial charge is 0.378 e. The maximum absolute atomic E-state index is 5.67. The lowest BCUT2D eigenvalue weighted by molar-refractivity contribution is -0.118. The lowest BCUT2D eigenvalue weighted by atomic mass is 9.85. The molecule has 112 valence electrons. The fourth-order valence-electron chi connectivity index (χ4n) is 2.82. The fourth-order valence-corrected chi connectivity index (χ4v) is 2.82. The molecule has 5 heteroatoms. The zero-order chi connectivity index (χ0) is 14.7. The van der Waals surface area contributed by atoms with Gasteiger partial charge in [-0.25, -0.2) is 4.68 Å². The van der Waals surface area contributed by atoms with Gasteiger partial charge in [-0.15, -0.1) is 0 Å². The average molecular weight is 287 g/mol. The molecular weight excluding hydrogens is 266 g/mol. The van der Waals surface area contributed by atoms with Gasteiger partial charge in [0.05, 0.1) is 23.5 Å². The Kier molecular flexibility index (Phi) is 4.22. The standard InChI is InChI=1S/C16H21N3O2/c1-3-21-15-11-13(16(15)20-2)18-12-7-4-5-8-14(12)19-10-6-9-17-19/h4-10,13,15-16,18H,3,11H2,1-2H3. The van der Waals surface area contributed by atoms with E-state index in [0.717, 1.165) is 24.4 Å². The van der Waals surface area contributed by atoms with Crippen molar-refractivity contribution in [1.82, 2.24) is 9.78 Å². The molecule has 3 unspecified atom stereocenters. The number of ether oxygens (including phenoxy) is 2. The Morgan fingerprint density at radius 1 is 1.33 bits per heavy atom. The van der Waals surface area contributed by atoms with Crippen molar-refractivity contribution in [2.75, 3.05) is 19.0 Å². The number of hydrogen-bond donors (Lipinski definition) is 1. The van der Waals surface area contributed by atoms with Gasteiger partial charge in [0, 0.05) is 26.1 Å². The van der Waals surface area contributed by atoms with Crippen LogP contribution in [0.3, 0.4) is 0 Å². The normalized spacial score (nSPS) is 24.6.